The van der Waals surface area contributed by atoms with Crippen LogP contribution in [0.5, 0.6) is 5.75 Å². The Balaban J connectivity index is 0.000000186. The molecule has 1 aliphatic heterocycles. The van der Waals surface area contributed by atoms with Crippen LogP contribution < -0.4 is 4.74 Å². The Hall–Kier alpha value is -2.13. The molecule has 0 aliphatic carbocycles. The molecule has 98 valence electrons. The van der Waals surface area contributed by atoms with Crippen LogP contribution in [-0.2, 0) is 22.7 Å². The van der Waals surface area contributed by atoms with Crippen LogP contribution in [0.25, 0.3) is 0 Å². The zero-order chi connectivity index (χ0) is 13.5. The maximum Gasteiger partial charge on any atom is 0.308 e. The van der Waals surface area contributed by atoms with Crippen LogP contribution in [0, 0.1) is 0 Å². The van der Waals surface area contributed by atoms with Gasteiger partial charge in [-0.15, -0.1) is 0 Å². The van der Waals surface area contributed by atoms with Crippen LogP contribution in [0.4, 0.5) is 0 Å². The maximum atomic E-state index is 10.7. The summed E-state index contributed by atoms with van der Waals surface area (Å²) in [5.41, 5.74) is 2.29. The first-order valence-corrected chi connectivity index (χ1v) is 6.13. The van der Waals surface area contributed by atoms with Crippen LogP contribution in [0.2, 0.25) is 0 Å². The van der Waals surface area contributed by atoms with Crippen molar-refractivity contribution >= 4 is 5.97 Å². The summed E-state index contributed by atoms with van der Waals surface area (Å²) in [5.74, 6) is 0.301. The summed E-state index contributed by atoms with van der Waals surface area (Å²) in [4.78, 5) is 10.7. The van der Waals surface area contributed by atoms with Gasteiger partial charge in [-0.05, 0) is 23.3 Å². The third-order valence-corrected chi connectivity index (χ3v) is 2.62. The average Bonchev–Trinajstić information content (AvgIpc) is 2.88. The highest BCUT2D eigenvalue weighted by Crippen LogP contribution is 2.24. The molecule has 2 aromatic carbocycles. The molecule has 2 aromatic rings. The Labute approximate surface area is 112 Å². The van der Waals surface area contributed by atoms with Crippen molar-refractivity contribution in [1.82, 2.24) is 0 Å². The summed E-state index contributed by atoms with van der Waals surface area (Å²) in [6.07, 6.45) is 0. The number of benzene rings is 2. The predicted molar refractivity (Wildman–Crippen MR) is 72.7 cm³/mol. The lowest BCUT2D eigenvalue weighted by Crippen LogP contribution is -2.01. The first kappa shape index (κ1) is 13.3. The Morgan fingerprint density at radius 3 is 2.16 bits per heavy atom. The van der Waals surface area contributed by atoms with Gasteiger partial charge in [0.1, 0.15) is 5.75 Å². The van der Waals surface area contributed by atoms with Crippen molar-refractivity contribution < 1.29 is 14.3 Å². The molecule has 3 nitrogen and oxygen atoms in total. The Bertz CT molecular complexity index is 508. The van der Waals surface area contributed by atoms with Gasteiger partial charge in [-0.1, -0.05) is 42.5 Å². The first-order valence-electron chi connectivity index (χ1n) is 6.13. The molecule has 1 aliphatic rings. The molecular formula is C16H16O3. The summed E-state index contributed by atoms with van der Waals surface area (Å²) in [6.45, 7) is 2.67. The highest BCUT2D eigenvalue weighted by atomic mass is 16.5. The minimum Gasteiger partial charge on any atom is -0.427 e. The summed E-state index contributed by atoms with van der Waals surface area (Å²) in [7, 11) is 0. The minimum absolute atomic E-state index is 0.293. The lowest BCUT2D eigenvalue weighted by Gasteiger charge is -2.02. The number of hydrogen-bond donors (Lipinski definition) is 0. The van der Waals surface area contributed by atoms with Crippen molar-refractivity contribution in [3.05, 3.63) is 65.7 Å². The van der Waals surface area contributed by atoms with Gasteiger partial charge in [0.05, 0.1) is 13.2 Å². The molecule has 3 heteroatoms. The summed E-state index contributed by atoms with van der Waals surface area (Å²) in [5, 5.41) is 0. The van der Waals surface area contributed by atoms with E-state index in [2.05, 4.69) is 0 Å². The van der Waals surface area contributed by atoms with E-state index in [0.717, 1.165) is 5.56 Å². The van der Waals surface area contributed by atoms with E-state index in [-0.39, 0.29) is 5.97 Å². The molecule has 0 unspecified atom stereocenters. The van der Waals surface area contributed by atoms with Crippen molar-refractivity contribution in [3.63, 3.8) is 0 Å². The van der Waals surface area contributed by atoms with Crippen LogP contribution in [-0.4, -0.2) is 5.97 Å². The number of esters is 1. The molecule has 0 radical (unpaired) electrons. The van der Waals surface area contributed by atoms with Crippen molar-refractivity contribution in [2.24, 2.45) is 0 Å². The highest BCUT2D eigenvalue weighted by Gasteiger charge is 2.11. The molecule has 0 saturated carbocycles. The fourth-order valence-corrected chi connectivity index (χ4v) is 1.76. The molecule has 0 saturated heterocycles. The molecular weight excluding hydrogens is 240 g/mol. The largest absolute Gasteiger partial charge is 0.427 e. The number of carbonyl (C=O) groups is 1. The molecule has 0 aromatic heterocycles. The molecule has 3 rings (SSSR count). The summed E-state index contributed by atoms with van der Waals surface area (Å²) >= 11 is 0. The van der Waals surface area contributed by atoms with Gasteiger partial charge in [0, 0.05) is 6.92 Å². The molecule has 19 heavy (non-hydrogen) atoms. The minimum atomic E-state index is -0.293. The monoisotopic (exact) mass is 256 g/mol. The number of ether oxygens (including phenoxy) is 2. The second-order valence-corrected chi connectivity index (χ2v) is 4.17. The number of fused-ring (bicyclic) bond motifs is 1. The normalized spacial score (nSPS) is 12.1. The van der Waals surface area contributed by atoms with Crippen LogP contribution >= 0.6 is 0 Å². The molecule has 0 N–H and O–H groups in total. The molecule has 0 spiro atoms. The van der Waals surface area contributed by atoms with Gasteiger partial charge in [0.15, 0.2) is 0 Å². The SMILES string of the molecule is CC(=O)Oc1ccc2c(c1)COC2.c1ccccc1. The molecule has 1 heterocycles. The Morgan fingerprint density at radius 2 is 1.58 bits per heavy atom. The molecule has 0 bridgehead atoms. The second kappa shape index (κ2) is 6.71. The fourth-order valence-electron chi connectivity index (χ4n) is 1.76. The fraction of sp³-hybridized carbons (Fsp3) is 0.188. The van der Waals surface area contributed by atoms with Crippen LogP contribution in [0.3, 0.4) is 0 Å². The van der Waals surface area contributed by atoms with Crippen molar-refractivity contribution in [2.45, 2.75) is 20.1 Å². The number of hydrogen-bond acceptors (Lipinski definition) is 3. The topological polar surface area (TPSA) is 35.5 Å². The van der Waals surface area contributed by atoms with Gasteiger partial charge >= 0.3 is 5.97 Å². The summed E-state index contributed by atoms with van der Waals surface area (Å²) in [6, 6.07) is 17.6. The van der Waals surface area contributed by atoms with Gasteiger partial charge in [-0.3, -0.25) is 4.79 Å². The van der Waals surface area contributed by atoms with E-state index in [0.29, 0.717) is 19.0 Å². The van der Waals surface area contributed by atoms with E-state index in [9.17, 15) is 4.79 Å². The standard InChI is InChI=1S/C10H10O3.C6H6/c1-7(11)13-10-3-2-8-5-12-6-9(8)4-10;1-2-4-6-5-3-1/h2-4H,5-6H2,1H3;1-6H. The third kappa shape index (κ3) is 4.23. The van der Waals surface area contributed by atoms with E-state index in [1.165, 1.54) is 12.5 Å². The van der Waals surface area contributed by atoms with Gasteiger partial charge in [0.25, 0.3) is 0 Å². The number of carbonyl (C=O) groups excluding carboxylic acids is 1. The van der Waals surface area contributed by atoms with E-state index >= 15 is 0 Å². The van der Waals surface area contributed by atoms with E-state index < -0.39 is 0 Å². The van der Waals surface area contributed by atoms with Crippen LogP contribution in [0.15, 0.2) is 54.6 Å². The second-order valence-electron chi connectivity index (χ2n) is 4.17. The Kier molecular flexibility index (Phi) is 4.70. The van der Waals surface area contributed by atoms with Crippen LogP contribution in [0.1, 0.15) is 18.1 Å². The van der Waals surface area contributed by atoms with E-state index in [4.69, 9.17) is 9.47 Å². The van der Waals surface area contributed by atoms with Gasteiger partial charge in [-0.2, -0.15) is 0 Å². The van der Waals surface area contributed by atoms with Crippen molar-refractivity contribution in [2.75, 3.05) is 0 Å². The highest BCUT2D eigenvalue weighted by molar-refractivity contribution is 5.69. The smallest absolute Gasteiger partial charge is 0.308 e. The maximum absolute atomic E-state index is 10.7. The third-order valence-electron chi connectivity index (χ3n) is 2.62. The van der Waals surface area contributed by atoms with Crippen molar-refractivity contribution in [1.29, 1.82) is 0 Å². The Morgan fingerprint density at radius 1 is 1.00 bits per heavy atom. The average molecular weight is 256 g/mol. The lowest BCUT2D eigenvalue weighted by atomic mass is 10.1. The van der Waals surface area contributed by atoms with Crippen molar-refractivity contribution in [3.8, 4) is 5.75 Å². The lowest BCUT2D eigenvalue weighted by molar-refractivity contribution is -0.131. The molecule has 0 amide bonds. The predicted octanol–water partition coefficient (Wildman–Crippen LogP) is 3.33. The zero-order valence-corrected chi connectivity index (χ0v) is 10.8. The van der Waals surface area contributed by atoms with Gasteiger partial charge < -0.3 is 9.47 Å². The molecule has 0 fully saturated rings. The summed E-state index contributed by atoms with van der Waals surface area (Å²) < 4.78 is 10.2. The van der Waals surface area contributed by atoms with E-state index in [1.807, 2.05) is 48.5 Å². The zero-order valence-electron chi connectivity index (χ0n) is 10.8. The van der Waals surface area contributed by atoms with Gasteiger partial charge in [-0.25, -0.2) is 0 Å². The number of rotatable bonds is 1. The quantitative estimate of drug-likeness (QED) is 0.580. The van der Waals surface area contributed by atoms with Gasteiger partial charge in [0.2, 0.25) is 0 Å². The van der Waals surface area contributed by atoms with E-state index in [1.54, 1.807) is 6.07 Å². The first-order chi connectivity index (χ1) is 9.25. The molecule has 0 atom stereocenters.